The van der Waals surface area contributed by atoms with Crippen molar-refractivity contribution in [3.8, 4) is 0 Å². The number of nitrogens with zero attached hydrogens (tertiary/aromatic N) is 4. The SMILES string of the molecule is O=C(C1CCOCC1)N1Cc2ccnn2C(CCN2CCCCC2)C1. The van der Waals surface area contributed by atoms with E-state index in [2.05, 4.69) is 25.6 Å². The minimum atomic E-state index is 0.144. The fraction of sp³-hybridized carbons (Fsp3) is 0.789. The van der Waals surface area contributed by atoms with E-state index in [0.717, 1.165) is 45.6 Å². The monoisotopic (exact) mass is 346 g/mol. The van der Waals surface area contributed by atoms with E-state index in [9.17, 15) is 4.79 Å². The van der Waals surface area contributed by atoms with Gasteiger partial charge < -0.3 is 14.5 Å². The molecular formula is C19H30N4O2. The second-order valence-corrected chi connectivity index (χ2v) is 7.72. The summed E-state index contributed by atoms with van der Waals surface area (Å²) >= 11 is 0. The predicted molar refractivity (Wildman–Crippen MR) is 95.1 cm³/mol. The van der Waals surface area contributed by atoms with Crippen molar-refractivity contribution < 1.29 is 9.53 Å². The lowest BCUT2D eigenvalue weighted by Gasteiger charge is -2.37. The van der Waals surface area contributed by atoms with Crippen molar-refractivity contribution in [1.29, 1.82) is 0 Å². The van der Waals surface area contributed by atoms with Crippen LogP contribution in [0.2, 0.25) is 0 Å². The van der Waals surface area contributed by atoms with Crippen LogP contribution in [0.25, 0.3) is 0 Å². The number of likely N-dealkylation sites (tertiary alicyclic amines) is 1. The molecule has 0 bridgehead atoms. The van der Waals surface area contributed by atoms with Crippen LogP contribution in [0.1, 0.15) is 50.3 Å². The third-order valence-electron chi connectivity index (χ3n) is 5.99. The number of hydrogen-bond donors (Lipinski definition) is 0. The highest BCUT2D eigenvalue weighted by atomic mass is 16.5. The van der Waals surface area contributed by atoms with Crippen LogP contribution in [0.4, 0.5) is 0 Å². The maximum atomic E-state index is 13.0. The molecule has 0 radical (unpaired) electrons. The van der Waals surface area contributed by atoms with Gasteiger partial charge in [-0.3, -0.25) is 9.48 Å². The van der Waals surface area contributed by atoms with Gasteiger partial charge in [-0.1, -0.05) is 6.42 Å². The average Bonchev–Trinajstić information content (AvgIpc) is 3.16. The Labute approximate surface area is 150 Å². The molecule has 2 fully saturated rings. The van der Waals surface area contributed by atoms with Crippen LogP contribution < -0.4 is 0 Å². The van der Waals surface area contributed by atoms with Gasteiger partial charge in [0.05, 0.1) is 18.3 Å². The summed E-state index contributed by atoms with van der Waals surface area (Å²) in [7, 11) is 0. The Hall–Kier alpha value is -1.40. The lowest BCUT2D eigenvalue weighted by atomic mass is 9.97. The first-order valence-electron chi connectivity index (χ1n) is 9.92. The van der Waals surface area contributed by atoms with E-state index in [1.54, 1.807) is 0 Å². The molecule has 3 aliphatic rings. The number of carbonyl (C=O) groups is 1. The number of piperidine rings is 1. The number of carbonyl (C=O) groups excluding carboxylic acids is 1. The normalized spacial score (nSPS) is 25.8. The van der Waals surface area contributed by atoms with Gasteiger partial charge in [0.2, 0.25) is 5.91 Å². The lowest BCUT2D eigenvalue weighted by Crippen LogP contribution is -2.45. The maximum absolute atomic E-state index is 13.0. The average molecular weight is 346 g/mol. The molecule has 6 heteroatoms. The van der Waals surface area contributed by atoms with Crippen molar-refractivity contribution in [3.63, 3.8) is 0 Å². The molecular weight excluding hydrogens is 316 g/mol. The third-order valence-corrected chi connectivity index (χ3v) is 5.99. The molecule has 25 heavy (non-hydrogen) atoms. The zero-order valence-electron chi connectivity index (χ0n) is 15.1. The molecule has 1 aromatic heterocycles. The Morgan fingerprint density at radius 2 is 2.00 bits per heavy atom. The van der Waals surface area contributed by atoms with Crippen LogP contribution in [-0.4, -0.2) is 64.9 Å². The maximum Gasteiger partial charge on any atom is 0.226 e. The molecule has 1 aromatic rings. The highest BCUT2D eigenvalue weighted by molar-refractivity contribution is 5.79. The van der Waals surface area contributed by atoms with E-state index in [0.29, 0.717) is 18.5 Å². The zero-order chi connectivity index (χ0) is 17.1. The Balaban J connectivity index is 1.41. The Bertz CT molecular complexity index is 576. The minimum absolute atomic E-state index is 0.144. The number of ether oxygens (including phenoxy) is 1. The topological polar surface area (TPSA) is 50.6 Å². The largest absolute Gasteiger partial charge is 0.381 e. The summed E-state index contributed by atoms with van der Waals surface area (Å²) in [6, 6.07) is 2.38. The summed E-state index contributed by atoms with van der Waals surface area (Å²) in [6.07, 6.45) is 8.71. The molecule has 4 heterocycles. The van der Waals surface area contributed by atoms with E-state index in [1.165, 1.54) is 38.0 Å². The molecule has 4 rings (SSSR count). The van der Waals surface area contributed by atoms with Gasteiger partial charge in [-0.15, -0.1) is 0 Å². The molecule has 138 valence electrons. The van der Waals surface area contributed by atoms with Crippen molar-refractivity contribution in [2.75, 3.05) is 39.4 Å². The molecule has 0 aromatic carbocycles. The van der Waals surface area contributed by atoms with Gasteiger partial charge in [0.15, 0.2) is 0 Å². The fourth-order valence-corrected chi connectivity index (χ4v) is 4.49. The van der Waals surface area contributed by atoms with Gasteiger partial charge in [0.25, 0.3) is 0 Å². The quantitative estimate of drug-likeness (QED) is 0.837. The van der Waals surface area contributed by atoms with Gasteiger partial charge >= 0.3 is 0 Å². The predicted octanol–water partition coefficient (Wildman–Crippen LogP) is 2.07. The van der Waals surface area contributed by atoms with Crippen LogP contribution in [-0.2, 0) is 16.1 Å². The summed E-state index contributed by atoms with van der Waals surface area (Å²) in [4.78, 5) is 17.6. The van der Waals surface area contributed by atoms with Crippen LogP contribution in [0.15, 0.2) is 12.3 Å². The van der Waals surface area contributed by atoms with Gasteiger partial charge in [-0.05, 0) is 51.3 Å². The molecule has 1 amide bonds. The minimum Gasteiger partial charge on any atom is -0.381 e. The summed E-state index contributed by atoms with van der Waals surface area (Å²) in [5.41, 5.74) is 1.18. The van der Waals surface area contributed by atoms with Crippen molar-refractivity contribution >= 4 is 5.91 Å². The number of hydrogen-bond acceptors (Lipinski definition) is 4. The van der Waals surface area contributed by atoms with Crippen molar-refractivity contribution in [2.24, 2.45) is 5.92 Å². The van der Waals surface area contributed by atoms with E-state index in [-0.39, 0.29) is 5.92 Å². The van der Waals surface area contributed by atoms with E-state index >= 15 is 0 Å². The highest BCUT2D eigenvalue weighted by Crippen LogP contribution is 2.27. The second-order valence-electron chi connectivity index (χ2n) is 7.72. The van der Waals surface area contributed by atoms with E-state index < -0.39 is 0 Å². The number of amides is 1. The molecule has 1 unspecified atom stereocenters. The molecule has 0 spiro atoms. The standard InChI is InChI=1S/C19H30N4O2/c24-19(16-6-12-25-13-7-16)22-14-17-4-8-20-23(17)18(15-22)5-11-21-9-2-1-3-10-21/h4,8,16,18H,1-3,5-7,9-15H2. The fourth-order valence-electron chi connectivity index (χ4n) is 4.49. The van der Waals surface area contributed by atoms with Crippen molar-refractivity contribution in [2.45, 2.75) is 51.1 Å². The Morgan fingerprint density at radius 3 is 2.80 bits per heavy atom. The number of aromatic nitrogens is 2. The van der Waals surface area contributed by atoms with Crippen molar-refractivity contribution in [3.05, 3.63) is 18.0 Å². The van der Waals surface area contributed by atoms with Crippen LogP contribution in [0, 0.1) is 5.92 Å². The van der Waals surface area contributed by atoms with Gasteiger partial charge in [-0.25, -0.2) is 0 Å². The molecule has 1 atom stereocenters. The van der Waals surface area contributed by atoms with Crippen LogP contribution >= 0.6 is 0 Å². The lowest BCUT2D eigenvalue weighted by molar-refractivity contribution is -0.140. The molecule has 3 aliphatic heterocycles. The highest BCUT2D eigenvalue weighted by Gasteiger charge is 2.33. The molecule has 0 aliphatic carbocycles. The van der Waals surface area contributed by atoms with E-state index in [4.69, 9.17) is 4.74 Å². The first-order valence-corrected chi connectivity index (χ1v) is 9.92. The second kappa shape index (κ2) is 7.87. The zero-order valence-corrected chi connectivity index (χ0v) is 15.1. The molecule has 0 N–H and O–H groups in total. The molecule has 6 nitrogen and oxygen atoms in total. The first-order chi connectivity index (χ1) is 12.3. The summed E-state index contributed by atoms with van der Waals surface area (Å²) in [6.45, 7) is 6.52. The number of fused-ring (bicyclic) bond motifs is 1. The van der Waals surface area contributed by atoms with Gasteiger partial charge in [0.1, 0.15) is 0 Å². The molecule has 2 saturated heterocycles. The number of rotatable bonds is 4. The Morgan fingerprint density at radius 1 is 1.20 bits per heavy atom. The van der Waals surface area contributed by atoms with Crippen LogP contribution in [0.3, 0.4) is 0 Å². The van der Waals surface area contributed by atoms with E-state index in [1.807, 2.05) is 6.20 Å². The van der Waals surface area contributed by atoms with Crippen molar-refractivity contribution in [1.82, 2.24) is 19.6 Å². The Kier molecular flexibility index (Phi) is 5.36. The summed E-state index contributed by atoms with van der Waals surface area (Å²) < 4.78 is 7.58. The molecule has 0 saturated carbocycles. The van der Waals surface area contributed by atoms with Gasteiger partial charge in [-0.2, -0.15) is 5.10 Å². The van der Waals surface area contributed by atoms with Gasteiger partial charge in [0, 0.05) is 38.4 Å². The van der Waals surface area contributed by atoms with Crippen LogP contribution in [0.5, 0.6) is 0 Å². The smallest absolute Gasteiger partial charge is 0.226 e. The summed E-state index contributed by atoms with van der Waals surface area (Å²) in [5, 5.41) is 4.55. The third kappa shape index (κ3) is 3.90. The first kappa shape index (κ1) is 17.0. The summed E-state index contributed by atoms with van der Waals surface area (Å²) in [5.74, 6) is 0.463.